The Morgan fingerprint density at radius 2 is 1.84 bits per heavy atom. The molecule has 38 heavy (non-hydrogen) atoms. The van der Waals surface area contributed by atoms with E-state index in [-0.39, 0.29) is 24.3 Å². The Hall–Kier alpha value is -4.19. The van der Waals surface area contributed by atoms with Crippen LogP contribution in [0.4, 0.5) is 0 Å². The number of nitrogens with one attached hydrogen (secondary N) is 1. The highest BCUT2D eigenvalue weighted by Crippen LogP contribution is 2.37. The first-order chi connectivity index (χ1) is 18.7. The molecule has 1 atom stereocenters. The Labute approximate surface area is 217 Å². The lowest BCUT2D eigenvalue weighted by molar-refractivity contribution is 0.0557. The van der Waals surface area contributed by atoms with Gasteiger partial charge >= 0.3 is 0 Å². The zero-order valence-corrected chi connectivity index (χ0v) is 20.7. The van der Waals surface area contributed by atoms with Crippen molar-refractivity contribution < 1.29 is 18.7 Å². The van der Waals surface area contributed by atoms with Crippen molar-refractivity contribution in [2.24, 2.45) is 0 Å². The van der Waals surface area contributed by atoms with Gasteiger partial charge in [0.25, 0.3) is 11.5 Å². The predicted molar refractivity (Wildman–Crippen MR) is 134 cm³/mol. The number of tetrazole rings is 1. The Balaban J connectivity index is 1.27. The number of aromatic nitrogens is 5. The van der Waals surface area contributed by atoms with Gasteiger partial charge in [-0.2, -0.15) is 0 Å². The molecule has 1 saturated carbocycles. The Morgan fingerprint density at radius 1 is 1.05 bits per heavy atom. The Morgan fingerprint density at radius 3 is 2.61 bits per heavy atom. The Bertz CT molecular complexity index is 1530. The number of furan rings is 1. The second kappa shape index (κ2) is 9.28. The van der Waals surface area contributed by atoms with Crippen LogP contribution >= 0.6 is 0 Å². The summed E-state index contributed by atoms with van der Waals surface area (Å²) in [7, 11) is 0. The van der Waals surface area contributed by atoms with Gasteiger partial charge in [-0.25, -0.2) is 4.68 Å². The first-order valence-corrected chi connectivity index (χ1v) is 13.0. The van der Waals surface area contributed by atoms with Gasteiger partial charge in [0.05, 0.1) is 17.8 Å². The SMILES string of the molecule is O=C(c1ccco1)N1CCN(C(c2cc3cc4c(cc3[nH]c2=O)OCO4)c2nnnn2C2CCCC2)CC1. The topological polar surface area (TPSA) is 132 Å². The smallest absolute Gasteiger partial charge is 0.289 e. The Kier molecular flexibility index (Phi) is 5.61. The summed E-state index contributed by atoms with van der Waals surface area (Å²) in [6.45, 7) is 2.24. The third kappa shape index (κ3) is 3.92. The normalized spacial score (nSPS) is 18.9. The number of piperazine rings is 1. The maximum Gasteiger partial charge on any atom is 0.289 e. The van der Waals surface area contributed by atoms with Crippen LogP contribution in [0.2, 0.25) is 0 Å². The summed E-state index contributed by atoms with van der Waals surface area (Å²) in [6, 6.07) is 8.68. The zero-order valence-electron chi connectivity index (χ0n) is 20.7. The van der Waals surface area contributed by atoms with Crippen molar-refractivity contribution in [3.8, 4) is 11.5 Å². The number of fused-ring (bicyclic) bond motifs is 2. The van der Waals surface area contributed by atoms with Crippen LogP contribution in [0.25, 0.3) is 10.9 Å². The largest absolute Gasteiger partial charge is 0.459 e. The summed E-state index contributed by atoms with van der Waals surface area (Å²) in [4.78, 5) is 33.4. The van der Waals surface area contributed by atoms with Crippen LogP contribution in [0.3, 0.4) is 0 Å². The van der Waals surface area contributed by atoms with Gasteiger partial charge in [0, 0.05) is 43.2 Å². The minimum Gasteiger partial charge on any atom is -0.459 e. The van der Waals surface area contributed by atoms with Crippen LogP contribution < -0.4 is 15.0 Å². The van der Waals surface area contributed by atoms with Gasteiger partial charge in [0.1, 0.15) is 6.04 Å². The highest BCUT2D eigenvalue weighted by Gasteiger charge is 2.36. The fraction of sp³-hybridized carbons (Fsp3) is 0.423. The lowest BCUT2D eigenvalue weighted by Gasteiger charge is -2.38. The average Bonchev–Trinajstić information content (AvgIpc) is 3.75. The number of H-pyrrole nitrogens is 1. The molecule has 3 aromatic heterocycles. The highest BCUT2D eigenvalue weighted by atomic mass is 16.7. The maximum atomic E-state index is 13.6. The quantitative estimate of drug-likeness (QED) is 0.424. The number of hydrogen-bond acceptors (Lipinski definition) is 9. The molecule has 1 amide bonds. The standard InChI is InChI=1S/C26H27N7O5/c34-25-18(12-16-13-21-22(38-15-37-21)14-19(16)27-25)23(24-28-29-30-33(24)17-4-1-2-5-17)31-7-9-32(10-8-31)26(35)20-6-3-11-36-20/h3,6,11-14,17,23H,1-2,4-5,7-10,15H2,(H,27,34). The van der Waals surface area contributed by atoms with E-state index in [4.69, 9.17) is 13.9 Å². The summed E-state index contributed by atoms with van der Waals surface area (Å²) in [5.41, 5.74) is 1.01. The molecule has 1 aromatic carbocycles. The van der Waals surface area contributed by atoms with Gasteiger partial charge in [-0.15, -0.1) is 5.10 Å². The molecule has 12 heteroatoms. The number of benzene rings is 1. The summed E-state index contributed by atoms with van der Waals surface area (Å²) in [5, 5.41) is 13.7. The molecule has 0 bridgehead atoms. The molecule has 1 saturated heterocycles. The van der Waals surface area contributed by atoms with E-state index in [2.05, 4.69) is 25.4 Å². The number of rotatable bonds is 5. The van der Waals surface area contributed by atoms with Crippen LogP contribution in [0.15, 0.2) is 45.8 Å². The third-order valence-electron chi connectivity index (χ3n) is 7.79. The van der Waals surface area contributed by atoms with Crippen molar-refractivity contribution in [1.29, 1.82) is 0 Å². The van der Waals surface area contributed by atoms with E-state index in [0.717, 1.165) is 31.1 Å². The number of aromatic amines is 1. The van der Waals surface area contributed by atoms with E-state index in [0.29, 0.717) is 60.3 Å². The molecule has 0 radical (unpaired) electrons. The average molecular weight is 518 g/mol. The van der Waals surface area contributed by atoms with Gasteiger partial charge in [-0.3, -0.25) is 14.5 Å². The third-order valence-corrected chi connectivity index (χ3v) is 7.79. The molecule has 1 unspecified atom stereocenters. The monoisotopic (exact) mass is 517 g/mol. The molecule has 3 aliphatic rings. The maximum absolute atomic E-state index is 13.6. The fourth-order valence-corrected chi connectivity index (χ4v) is 5.84. The molecular formula is C26H27N7O5. The van der Waals surface area contributed by atoms with Gasteiger partial charge in [-0.05, 0) is 47.5 Å². The molecule has 4 aromatic rings. The second-order valence-corrected chi connectivity index (χ2v) is 9.97. The second-order valence-electron chi connectivity index (χ2n) is 9.97. The van der Waals surface area contributed by atoms with E-state index in [1.165, 1.54) is 6.26 Å². The lowest BCUT2D eigenvalue weighted by Crippen LogP contribution is -2.50. The fourth-order valence-electron chi connectivity index (χ4n) is 5.84. The van der Waals surface area contributed by atoms with Gasteiger partial charge in [0.2, 0.25) is 6.79 Å². The molecule has 2 aliphatic heterocycles. The van der Waals surface area contributed by atoms with Crippen molar-refractivity contribution >= 4 is 16.8 Å². The molecule has 1 aliphatic carbocycles. The van der Waals surface area contributed by atoms with Crippen LogP contribution in [0, 0.1) is 0 Å². The predicted octanol–water partition coefficient (Wildman–Crippen LogP) is 2.50. The molecule has 0 spiro atoms. The molecule has 12 nitrogen and oxygen atoms in total. The van der Waals surface area contributed by atoms with Crippen LogP contribution in [-0.4, -0.2) is 73.9 Å². The van der Waals surface area contributed by atoms with Crippen molar-refractivity contribution in [2.45, 2.75) is 37.8 Å². The lowest BCUT2D eigenvalue weighted by atomic mass is 10.0. The molecular weight excluding hydrogens is 490 g/mol. The number of carbonyl (C=O) groups is 1. The number of carbonyl (C=O) groups excluding carboxylic acids is 1. The van der Waals surface area contributed by atoms with Crippen LogP contribution in [0.5, 0.6) is 11.5 Å². The van der Waals surface area contributed by atoms with E-state index >= 15 is 0 Å². The summed E-state index contributed by atoms with van der Waals surface area (Å²) in [6.07, 6.45) is 5.78. The number of hydrogen-bond donors (Lipinski definition) is 1. The number of ether oxygens (including phenoxy) is 2. The summed E-state index contributed by atoms with van der Waals surface area (Å²) in [5.74, 6) is 2.09. The van der Waals surface area contributed by atoms with Crippen molar-refractivity contribution in [3.05, 3.63) is 64.1 Å². The van der Waals surface area contributed by atoms with Gasteiger partial charge < -0.3 is 23.8 Å². The van der Waals surface area contributed by atoms with Crippen molar-refractivity contribution in [3.63, 3.8) is 0 Å². The zero-order chi connectivity index (χ0) is 25.6. The minimum atomic E-state index is -0.481. The van der Waals surface area contributed by atoms with E-state index in [1.54, 1.807) is 23.1 Å². The van der Waals surface area contributed by atoms with Crippen LogP contribution in [0.1, 0.15) is 59.7 Å². The van der Waals surface area contributed by atoms with E-state index in [9.17, 15) is 9.59 Å². The van der Waals surface area contributed by atoms with Crippen LogP contribution in [-0.2, 0) is 0 Å². The van der Waals surface area contributed by atoms with Crippen molar-refractivity contribution in [1.82, 2.24) is 35.0 Å². The number of nitrogens with zero attached hydrogens (tertiary/aromatic N) is 6. The molecule has 196 valence electrons. The van der Waals surface area contributed by atoms with Crippen molar-refractivity contribution in [2.75, 3.05) is 33.0 Å². The van der Waals surface area contributed by atoms with Gasteiger partial charge in [-0.1, -0.05) is 12.8 Å². The molecule has 2 fully saturated rings. The first kappa shape index (κ1) is 23.0. The number of amides is 1. The van der Waals surface area contributed by atoms with E-state index in [1.807, 2.05) is 16.8 Å². The minimum absolute atomic E-state index is 0.137. The van der Waals surface area contributed by atoms with Gasteiger partial charge in [0.15, 0.2) is 23.1 Å². The number of pyridine rings is 1. The first-order valence-electron chi connectivity index (χ1n) is 13.0. The molecule has 5 heterocycles. The summed E-state index contributed by atoms with van der Waals surface area (Å²) >= 11 is 0. The molecule has 1 N–H and O–H groups in total. The molecule has 7 rings (SSSR count). The van der Waals surface area contributed by atoms with E-state index < -0.39 is 6.04 Å². The summed E-state index contributed by atoms with van der Waals surface area (Å²) < 4.78 is 18.3. The highest BCUT2D eigenvalue weighted by molar-refractivity contribution is 5.91.